The summed E-state index contributed by atoms with van der Waals surface area (Å²) in [6, 6.07) is 3.27. The minimum atomic E-state index is -0.504. The van der Waals surface area contributed by atoms with E-state index in [0.29, 0.717) is 16.5 Å². The van der Waals surface area contributed by atoms with E-state index in [1.807, 2.05) is 13.8 Å². The fraction of sp³-hybridized carbons (Fsp3) is 0.357. The van der Waals surface area contributed by atoms with Crippen LogP contribution in [0.5, 0.6) is 5.88 Å². The number of carbonyl (C=O) groups is 1. The molecular formula is C14H16ClN3O3. The third kappa shape index (κ3) is 3.72. The zero-order valence-electron chi connectivity index (χ0n) is 12.0. The molecule has 0 saturated carbocycles. The predicted molar refractivity (Wildman–Crippen MR) is 77.3 cm³/mol. The molecular weight excluding hydrogens is 294 g/mol. The number of rotatable bonds is 5. The summed E-state index contributed by atoms with van der Waals surface area (Å²) in [4.78, 5) is 20.1. The van der Waals surface area contributed by atoms with Gasteiger partial charge in [-0.2, -0.15) is 0 Å². The Balaban J connectivity index is 2.08. The molecule has 6 nitrogen and oxygen atoms in total. The molecule has 0 N–H and O–H groups in total. The molecule has 7 heteroatoms. The van der Waals surface area contributed by atoms with Gasteiger partial charge in [-0.05, 0) is 37.6 Å². The van der Waals surface area contributed by atoms with E-state index in [-0.39, 0.29) is 18.6 Å². The van der Waals surface area contributed by atoms with Crippen molar-refractivity contribution >= 4 is 17.6 Å². The van der Waals surface area contributed by atoms with Crippen molar-refractivity contribution in [1.29, 1.82) is 0 Å². The second kappa shape index (κ2) is 6.58. The summed E-state index contributed by atoms with van der Waals surface area (Å²) in [5, 5.41) is 0.339. The Morgan fingerprint density at radius 1 is 1.43 bits per heavy atom. The number of imidazole rings is 1. The lowest BCUT2D eigenvalue weighted by Gasteiger charge is -2.12. The van der Waals surface area contributed by atoms with Gasteiger partial charge >= 0.3 is 5.97 Å². The summed E-state index contributed by atoms with van der Waals surface area (Å²) in [7, 11) is 1.75. The molecule has 2 aromatic rings. The lowest BCUT2D eigenvalue weighted by molar-refractivity contribution is 0.0457. The molecule has 0 aliphatic carbocycles. The topological polar surface area (TPSA) is 66.2 Å². The molecule has 21 heavy (non-hydrogen) atoms. The summed E-state index contributed by atoms with van der Waals surface area (Å²) in [6.07, 6.45) is 3.04. The molecule has 0 aliphatic heterocycles. The Labute approximate surface area is 127 Å². The van der Waals surface area contributed by atoms with Crippen LogP contribution in [0, 0.1) is 0 Å². The van der Waals surface area contributed by atoms with E-state index in [0.717, 1.165) is 0 Å². The summed E-state index contributed by atoms with van der Waals surface area (Å²) in [5.74, 6) is -0.239. The Morgan fingerprint density at radius 3 is 2.81 bits per heavy atom. The van der Waals surface area contributed by atoms with Crippen LogP contribution in [0.15, 0.2) is 24.5 Å². The molecule has 0 radical (unpaired) electrons. The fourth-order valence-corrected chi connectivity index (χ4v) is 1.79. The van der Waals surface area contributed by atoms with Crippen molar-refractivity contribution in [3.05, 3.63) is 41.1 Å². The van der Waals surface area contributed by atoms with Crippen molar-refractivity contribution in [2.75, 3.05) is 0 Å². The molecule has 0 unspecified atom stereocenters. The highest BCUT2D eigenvalue weighted by atomic mass is 35.5. The minimum absolute atomic E-state index is 0.0745. The molecule has 112 valence electrons. The first-order valence-corrected chi connectivity index (χ1v) is 6.81. The van der Waals surface area contributed by atoms with Gasteiger partial charge in [-0.15, -0.1) is 0 Å². The van der Waals surface area contributed by atoms with Crippen molar-refractivity contribution in [2.45, 2.75) is 26.6 Å². The number of hydrogen-bond donors (Lipinski definition) is 0. The molecule has 0 aromatic carbocycles. The molecule has 0 amide bonds. The van der Waals surface area contributed by atoms with Crippen molar-refractivity contribution in [3.63, 3.8) is 0 Å². The molecule has 0 fully saturated rings. The number of halogens is 1. The highest BCUT2D eigenvalue weighted by molar-refractivity contribution is 6.28. The van der Waals surface area contributed by atoms with Gasteiger partial charge < -0.3 is 14.0 Å². The van der Waals surface area contributed by atoms with Gasteiger partial charge in [0, 0.05) is 13.2 Å². The van der Waals surface area contributed by atoms with Crippen LogP contribution in [0.25, 0.3) is 0 Å². The first kappa shape index (κ1) is 15.3. The van der Waals surface area contributed by atoms with Crippen LogP contribution in [-0.2, 0) is 18.4 Å². The maximum Gasteiger partial charge on any atom is 0.344 e. The number of esters is 1. The Morgan fingerprint density at radius 2 is 2.19 bits per heavy atom. The van der Waals surface area contributed by atoms with E-state index < -0.39 is 5.97 Å². The minimum Gasteiger partial charge on any atom is -0.474 e. The fourth-order valence-electron chi connectivity index (χ4n) is 1.63. The van der Waals surface area contributed by atoms with Crippen LogP contribution in [0.4, 0.5) is 0 Å². The molecule has 0 saturated heterocycles. The van der Waals surface area contributed by atoms with Crippen molar-refractivity contribution in [3.8, 4) is 5.88 Å². The van der Waals surface area contributed by atoms with Crippen molar-refractivity contribution in [1.82, 2.24) is 14.5 Å². The monoisotopic (exact) mass is 309 g/mol. The molecule has 0 spiro atoms. The molecule has 2 aromatic heterocycles. The summed E-state index contributed by atoms with van der Waals surface area (Å²) in [5.41, 5.74) is 0.989. The second-order valence-corrected chi connectivity index (χ2v) is 5.01. The molecule has 2 rings (SSSR count). The van der Waals surface area contributed by atoms with Crippen LogP contribution in [0.1, 0.15) is 29.9 Å². The zero-order chi connectivity index (χ0) is 15.4. The van der Waals surface area contributed by atoms with Gasteiger partial charge in [0.2, 0.25) is 11.2 Å². The Hall–Kier alpha value is -2.08. The Kier molecular flexibility index (Phi) is 4.80. The summed E-state index contributed by atoms with van der Waals surface area (Å²) >= 11 is 5.83. The van der Waals surface area contributed by atoms with Gasteiger partial charge in [-0.1, -0.05) is 0 Å². The number of hydrogen-bond acceptors (Lipinski definition) is 5. The van der Waals surface area contributed by atoms with Gasteiger partial charge in [0.1, 0.15) is 12.2 Å². The zero-order valence-corrected chi connectivity index (χ0v) is 12.8. The highest BCUT2D eigenvalue weighted by Gasteiger charge is 2.17. The standard InChI is InChI=1S/C14H16ClN3O3/c1-9(2)21-12-11(5-4-6-16-12)13(19)20-8-10-7-17-14(15)18(10)3/h4-7,9H,8H2,1-3H3. The predicted octanol–water partition coefficient (Wildman–Crippen LogP) is 2.61. The number of aromatic nitrogens is 3. The van der Waals surface area contributed by atoms with E-state index in [9.17, 15) is 4.79 Å². The first-order valence-electron chi connectivity index (χ1n) is 6.44. The van der Waals surface area contributed by atoms with Gasteiger partial charge in [0.15, 0.2) is 0 Å². The van der Waals surface area contributed by atoms with Gasteiger partial charge in [0.05, 0.1) is 18.0 Å². The lowest BCUT2D eigenvalue weighted by atomic mass is 10.2. The third-order valence-corrected chi connectivity index (χ3v) is 3.07. The number of carbonyl (C=O) groups excluding carboxylic acids is 1. The number of nitrogens with zero attached hydrogens (tertiary/aromatic N) is 3. The van der Waals surface area contributed by atoms with Crippen LogP contribution < -0.4 is 4.74 Å². The Bertz CT molecular complexity index is 640. The summed E-state index contributed by atoms with van der Waals surface area (Å²) in [6.45, 7) is 3.80. The van der Waals surface area contributed by atoms with Crippen LogP contribution in [-0.4, -0.2) is 26.6 Å². The normalized spacial score (nSPS) is 10.7. The summed E-state index contributed by atoms with van der Waals surface area (Å²) < 4.78 is 12.4. The molecule has 0 atom stereocenters. The molecule has 0 aliphatic rings. The maximum atomic E-state index is 12.1. The van der Waals surface area contributed by atoms with Gasteiger partial charge in [0.25, 0.3) is 0 Å². The average Bonchev–Trinajstić information content (AvgIpc) is 2.76. The maximum absolute atomic E-state index is 12.1. The van der Waals surface area contributed by atoms with Crippen LogP contribution >= 0.6 is 11.6 Å². The average molecular weight is 310 g/mol. The van der Waals surface area contributed by atoms with Gasteiger partial charge in [-0.25, -0.2) is 14.8 Å². The smallest absolute Gasteiger partial charge is 0.344 e. The third-order valence-electron chi connectivity index (χ3n) is 2.72. The molecule has 0 bridgehead atoms. The second-order valence-electron chi connectivity index (χ2n) is 4.68. The van der Waals surface area contributed by atoms with Crippen molar-refractivity contribution < 1.29 is 14.3 Å². The largest absolute Gasteiger partial charge is 0.474 e. The van der Waals surface area contributed by atoms with E-state index in [1.54, 1.807) is 36.1 Å². The van der Waals surface area contributed by atoms with E-state index >= 15 is 0 Å². The van der Waals surface area contributed by atoms with E-state index in [2.05, 4.69) is 9.97 Å². The van der Waals surface area contributed by atoms with E-state index in [1.165, 1.54) is 0 Å². The van der Waals surface area contributed by atoms with E-state index in [4.69, 9.17) is 21.1 Å². The SMILES string of the molecule is CC(C)Oc1ncccc1C(=O)OCc1cnc(Cl)n1C. The number of ether oxygens (including phenoxy) is 2. The lowest BCUT2D eigenvalue weighted by Crippen LogP contribution is -2.13. The van der Waals surface area contributed by atoms with Crippen LogP contribution in [0.3, 0.4) is 0 Å². The van der Waals surface area contributed by atoms with Gasteiger partial charge in [-0.3, -0.25) is 0 Å². The first-order chi connectivity index (χ1) is 9.99. The number of pyridine rings is 1. The van der Waals surface area contributed by atoms with Crippen molar-refractivity contribution in [2.24, 2.45) is 7.05 Å². The van der Waals surface area contributed by atoms with Crippen LogP contribution in [0.2, 0.25) is 5.28 Å². The quantitative estimate of drug-likeness (QED) is 0.794. The molecule has 2 heterocycles. The highest BCUT2D eigenvalue weighted by Crippen LogP contribution is 2.18.